The van der Waals surface area contributed by atoms with Crippen LogP contribution < -0.4 is 0 Å². The van der Waals surface area contributed by atoms with Gasteiger partial charge in [0.15, 0.2) is 17.3 Å². The fourth-order valence-electron chi connectivity index (χ4n) is 11.7. The van der Waals surface area contributed by atoms with Crippen molar-refractivity contribution in [3.8, 4) is 34.0 Å². The Labute approximate surface area is 517 Å². The zero-order valence-electron chi connectivity index (χ0n) is 46.0. The molecule has 428 valence electrons. The number of aliphatic hydroxyl groups excluding tert-OH is 1. The van der Waals surface area contributed by atoms with Crippen LogP contribution in [0, 0.1) is 45.3 Å². The van der Waals surface area contributed by atoms with E-state index in [9.17, 15) is 40.5 Å². The number of hydrogen-bond donors (Lipinski definition) is 1. The maximum atomic E-state index is 15.9. The number of carbonyl (C=O) groups is 7. The molecule has 1 N–H and O–H groups in total. The van der Waals surface area contributed by atoms with E-state index in [0.717, 1.165) is 34.0 Å². The first-order valence-electron chi connectivity index (χ1n) is 27.3. The van der Waals surface area contributed by atoms with Crippen molar-refractivity contribution >= 4 is 96.8 Å². The van der Waals surface area contributed by atoms with Gasteiger partial charge in [-0.3, -0.25) is 33.6 Å². The van der Waals surface area contributed by atoms with E-state index in [1.165, 1.54) is 48.6 Å². The van der Waals surface area contributed by atoms with Crippen LogP contribution >= 0.6 is 34.0 Å². The number of hydrogen-bond acceptors (Lipinski definition) is 19. The fourth-order valence-corrected chi connectivity index (χ4v) is 16.1. The monoisotopic (exact) mass is 1220 g/mol. The van der Waals surface area contributed by atoms with E-state index in [0.29, 0.717) is 27.1 Å². The number of esters is 4. The summed E-state index contributed by atoms with van der Waals surface area (Å²) < 4.78 is 25.3. The van der Waals surface area contributed by atoms with Crippen LogP contribution in [-0.4, -0.2) is 46.3 Å². The summed E-state index contributed by atoms with van der Waals surface area (Å²) in [6.07, 6.45) is 2.29. The average Bonchev–Trinajstić information content (AvgIpc) is 1.50. The Morgan fingerprint density at radius 1 is 0.483 bits per heavy atom. The lowest BCUT2D eigenvalue weighted by Crippen LogP contribution is -2.46. The van der Waals surface area contributed by atoms with Crippen LogP contribution in [0.25, 0.3) is 31.3 Å². The third-order valence-electron chi connectivity index (χ3n) is 16.0. The Bertz CT molecular complexity index is 4730. The summed E-state index contributed by atoms with van der Waals surface area (Å²) in [4.78, 5) is 108. The number of carbonyl (C=O) groups excluding carboxylic acids is 7. The van der Waals surface area contributed by atoms with Crippen molar-refractivity contribution in [1.82, 2.24) is 0 Å². The third-order valence-corrected chi connectivity index (χ3v) is 19.7. The maximum Gasteiger partial charge on any atom is 0.333 e. The van der Waals surface area contributed by atoms with Gasteiger partial charge < -0.3 is 24.1 Å². The predicted octanol–water partition coefficient (Wildman–Crippen LogP) is 11.7. The molecule has 3 heterocycles. The second kappa shape index (κ2) is 22.5. The molecule has 0 saturated heterocycles. The minimum Gasteiger partial charge on any atom is -0.459 e. The summed E-state index contributed by atoms with van der Waals surface area (Å²) in [6.45, 7) is -1.37. The number of ether oxygens (including phenoxy) is 4. The average molecular weight is 1220 g/mol. The Morgan fingerprint density at radius 3 is 1.35 bits per heavy atom. The van der Waals surface area contributed by atoms with Crippen molar-refractivity contribution in [2.24, 2.45) is 0 Å². The molecule has 1 atom stereocenters. The molecule has 0 radical (unpaired) electrons. The van der Waals surface area contributed by atoms with Gasteiger partial charge in [-0.2, -0.15) is 21.0 Å². The van der Waals surface area contributed by atoms with Crippen LogP contribution in [0.4, 0.5) is 0 Å². The molecule has 4 aliphatic rings. The standard InChI is InChI=1S/C70H38N4O12S3/c71-29-41-21-47-48(22-42(41)30-72)58(76)51(57(47)75)25-45-26-54-55(69(45,65(79)83-33-37-13-5-1-6-14-37)66(80)84-34-38-15-7-2-8-16-38)62-64(88-54)56-63(89-62)61-53(28-46(87-61)27-52-59(77)49-23-43(31-73)44(32-74)24-50(49)60(52)78)70(56,67(81)85-35-39-17-9-3-10-18-39)68(82)86-36-40-19-11-4-12-20-40/h1-28,57,75H,33-36H2/b51-25+. The van der Waals surface area contributed by atoms with Crippen LogP contribution in [0.3, 0.4) is 0 Å². The van der Waals surface area contributed by atoms with Crippen molar-refractivity contribution in [2.75, 3.05) is 0 Å². The molecule has 6 aromatic carbocycles. The molecule has 19 heteroatoms. The van der Waals surface area contributed by atoms with Crippen molar-refractivity contribution in [3.63, 3.8) is 0 Å². The van der Waals surface area contributed by atoms with E-state index in [1.807, 2.05) is 24.3 Å². The van der Waals surface area contributed by atoms with Crippen molar-refractivity contribution < 1.29 is 57.6 Å². The molecule has 0 saturated carbocycles. The first-order valence-corrected chi connectivity index (χ1v) is 29.7. The molecule has 4 aliphatic carbocycles. The fraction of sp³-hybridized carbons (Fsp3) is 0.100. The maximum absolute atomic E-state index is 15.9. The Kier molecular flexibility index (Phi) is 14.4. The highest BCUT2D eigenvalue weighted by Gasteiger charge is 2.64. The third kappa shape index (κ3) is 9.12. The number of rotatable bonds is 14. The van der Waals surface area contributed by atoms with E-state index < -0.39 is 58.2 Å². The summed E-state index contributed by atoms with van der Waals surface area (Å²) in [5, 5.41) is 51.5. The predicted molar refractivity (Wildman–Crippen MR) is 324 cm³/mol. The lowest BCUT2D eigenvalue weighted by molar-refractivity contribution is -0.166. The number of thiophene rings is 3. The number of Topliss-reactive ketones (excluding diaryl/α,β-unsaturated/α-hetero) is 3. The SMILES string of the molecule is N#Cc1cc2c(cc1C#N)C(=O)C(=Cc1cc3c(s1)-c1sc4c5c(sc4c1C3(C(=O)OCc1ccccc1)C(=O)OCc1ccccc1)C=C(/C=C1/C(=O)c3cc(C#N)c(C#N)cc3C1O)C5(C(=O)OCc1ccccc1)C(=O)OCc1ccccc1)C2=O. The van der Waals surface area contributed by atoms with Crippen LogP contribution in [-0.2, 0) is 75.4 Å². The zero-order chi connectivity index (χ0) is 61.9. The van der Waals surface area contributed by atoms with Crippen LogP contribution in [0.2, 0.25) is 0 Å². The van der Waals surface area contributed by atoms with Crippen LogP contribution in [0.1, 0.15) is 114 Å². The van der Waals surface area contributed by atoms with E-state index in [-0.39, 0.29) is 128 Å². The number of benzene rings is 6. The molecular formula is C70H38N4O12S3. The van der Waals surface area contributed by atoms with Gasteiger partial charge in [-0.15, -0.1) is 34.0 Å². The number of nitriles is 4. The largest absolute Gasteiger partial charge is 0.459 e. The highest BCUT2D eigenvalue weighted by Crippen LogP contribution is 2.64. The Morgan fingerprint density at radius 2 is 0.899 bits per heavy atom. The van der Waals surface area contributed by atoms with Crippen molar-refractivity contribution in [1.29, 1.82) is 21.0 Å². The van der Waals surface area contributed by atoms with Gasteiger partial charge >= 0.3 is 23.9 Å². The topological polar surface area (TPSA) is 272 Å². The Hall–Kier alpha value is -11.3. The number of allylic oxidation sites excluding steroid dienone is 2. The van der Waals surface area contributed by atoms with E-state index >= 15 is 19.2 Å². The molecule has 3 aromatic heterocycles. The first-order chi connectivity index (χ1) is 43.2. The highest BCUT2D eigenvalue weighted by molar-refractivity contribution is 7.32. The summed E-state index contributed by atoms with van der Waals surface area (Å²) in [6, 6.07) is 48.7. The number of aliphatic hydroxyl groups is 1. The minimum absolute atomic E-state index is 0.00565. The van der Waals surface area contributed by atoms with Crippen molar-refractivity contribution in [2.45, 2.75) is 43.4 Å². The molecule has 13 rings (SSSR count). The second-order valence-electron chi connectivity index (χ2n) is 21.0. The Balaban J connectivity index is 1.05. The van der Waals surface area contributed by atoms with E-state index in [2.05, 4.69) is 0 Å². The quantitative estimate of drug-likeness (QED) is 0.0348. The molecule has 16 nitrogen and oxygen atoms in total. The zero-order valence-corrected chi connectivity index (χ0v) is 48.5. The number of fused-ring (bicyclic) bond motifs is 9. The summed E-state index contributed by atoms with van der Waals surface area (Å²) >= 11 is 3.04. The minimum atomic E-state index is -2.65. The van der Waals surface area contributed by atoms with Crippen LogP contribution in [0.15, 0.2) is 174 Å². The lowest BCUT2D eigenvalue weighted by Gasteiger charge is -2.29. The second-order valence-corrected chi connectivity index (χ2v) is 24.1. The first kappa shape index (κ1) is 56.8. The molecule has 0 bridgehead atoms. The van der Waals surface area contributed by atoms with Gasteiger partial charge in [-0.25, -0.2) is 0 Å². The highest BCUT2D eigenvalue weighted by atomic mass is 32.1. The van der Waals surface area contributed by atoms with Gasteiger partial charge in [-0.05, 0) is 82.0 Å². The number of ketones is 3. The smallest absolute Gasteiger partial charge is 0.333 e. The normalized spacial score (nSPS) is 15.5. The molecular weight excluding hydrogens is 1180 g/mol. The molecule has 0 aliphatic heterocycles. The van der Waals surface area contributed by atoms with E-state index in [4.69, 9.17) is 18.9 Å². The van der Waals surface area contributed by atoms with Gasteiger partial charge in [0.25, 0.3) is 0 Å². The van der Waals surface area contributed by atoms with E-state index in [1.54, 1.807) is 121 Å². The van der Waals surface area contributed by atoms with Gasteiger partial charge in [0.2, 0.25) is 10.8 Å². The molecule has 0 spiro atoms. The summed E-state index contributed by atoms with van der Waals surface area (Å²) in [7, 11) is 0. The summed E-state index contributed by atoms with van der Waals surface area (Å²) in [5.74, 6) is -6.71. The molecule has 9 aromatic rings. The van der Waals surface area contributed by atoms with Gasteiger partial charge in [0.1, 0.15) is 56.8 Å². The molecule has 1 unspecified atom stereocenters. The molecule has 0 amide bonds. The lowest BCUT2D eigenvalue weighted by atomic mass is 9.76. The van der Waals surface area contributed by atoms with Gasteiger partial charge in [0.05, 0.1) is 47.0 Å². The molecule has 89 heavy (non-hydrogen) atoms. The van der Waals surface area contributed by atoms with Crippen LogP contribution in [0.5, 0.6) is 0 Å². The van der Waals surface area contributed by atoms with Gasteiger partial charge in [-0.1, -0.05) is 121 Å². The number of nitrogens with zero attached hydrogens (tertiary/aromatic N) is 4. The van der Waals surface area contributed by atoms with Crippen molar-refractivity contribution in [3.05, 3.63) is 268 Å². The summed E-state index contributed by atoms with van der Waals surface area (Å²) in [5.41, 5.74) is -4.31. The molecule has 0 fully saturated rings. The van der Waals surface area contributed by atoms with Gasteiger partial charge in [0, 0.05) is 48.7 Å².